The number of nitrogens with one attached hydrogen (secondary N) is 1. The number of ketones is 1. The standard InChI is InChI=1S/C17H12FNO2/c1-2-11-19-17(21)15-6-4-3-5-14(15)16(20)12-7-9-13(18)10-8-12/h1,3-10H,11H2,(H,19,21). The molecule has 1 N–H and O–H groups in total. The van der Waals surface area contributed by atoms with Crippen molar-refractivity contribution >= 4 is 11.7 Å². The molecule has 0 radical (unpaired) electrons. The van der Waals surface area contributed by atoms with E-state index in [1.54, 1.807) is 24.3 Å². The number of carbonyl (C=O) groups is 2. The fraction of sp³-hybridized carbons (Fsp3) is 0.0588. The summed E-state index contributed by atoms with van der Waals surface area (Å²) in [6.07, 6.45) is 5.09. The van der Waals surface area contributed by atoms with E-state index < -0.39 is 11.7 Å². The lowest BCUT2D eigenvalue weighted by molar-refractivity contribution is 0.0946. The van der Waals surface area contributed by atoms with Crippen LogP contribution in [0.2, 0.25) is 0 Å². The summed E-state index contributed by atoms with van der Waals surface area (Å²) in [7, 11) is 0. The molecule has 0 saturated heterocycles. The number of rotatable bonds is 4. The van der Waals surface area contributed by atoms with E-state index in [1.165, 1.54) is 24.3 Å². The molecule has 2 aromatic rings. The first-order chi connectivity index (χ1) is 10.1. The normalized spacial score (nSPS) is 9.71. The van der Waals surface area contributed by atoms with Crippen molar-refractivity contribution in [3.63, 3.8) is 0 Å². The molecule has 0 fully saturated rings. The van der Waals surface area contributed by atoms with Crippen molar-refractivity contribution in [1.82, 2.24) is 5.32 Å². The van der Waals surface area contributed by atoms with Gasteiger partial charge in [-0.2, -0.15) is 0 Å². The summed E-state index contributed by atoms with van der Waals surface area (Å²) in [5.74, 6) is 1.11. The highest BCUT2D eigenvalue weighted by atomic mass is 19.1. The quantitative estimate of drug-likeness (QED) is 0.691. The van der Waals surface area contributed by atoms with Gasteiger partial charge in [-0.25, -0.2) is 4.39 Å². The molecule has 0 unspecified atom stereocenters. The molecule has 0 aliphatic rings. The van der Waals surface area contributed by atoms with Gasteiger partial charge in [-0.15, -0.1) is 6.42 Å². The third kappa shape index (κ3) is 3.34. The molecule has 1 amide bonds. The van der Waals surface area contributed by atoms with E-state index in [4.69, 9.17) is 6.42 Å². The summed E-state index contributed by atoms with van der Waals surface area (Å²) < 4.78 is 12.9. The van der Waals surface area contributed by atoms with E-state index >= 15 is 0 Å². The number of hydrogen-bond donors (Lipinski definition) is 1. The minimum Gasteiger partial charge on any atom is -0.341 e. The highest BCUT2D eigenvalue weighted by Crippen LogP contribution is 2.15. The Bertz CT molecular complexity index is 714. The van der Waals surface area contributed by atoms with Crippen molar-refractivity contribution in [2.75, 3.05) is 6.54 Å². The molecule has 0 atom stereocenters. The Kier molecular flexibility index (Phi) is 4.47. The van der Waals surface area contributed by atoms with Gasteiger partial charge in [0, 0.05) is 11.1 Å². The van der Waals surface area contributed by atoms with Crippen molar-refractivity contribution in [3.8, 4) is 12.3 Å². The molecule has 0 heterocycles. The molecule has 2 aromatic carbocycles. The summed E-state index contributed by atoms with van der Waals surface area (Å²) in [6, 6.07) is 11.6. The van der Waals surface area contributed by atoms with Gasteiger partial charge in [-0.3, -0.25) is 9.59 Å². The van der Waals surface area contributed by atoms with Crippen LogP contribution in [0.1, 0.15) is 26.3 Å². The summed E-state index contributed by atoms with van der Waals surface area (Å²) >= 11 is 0. The zero-order chi connectivity index (χ0) is 15.2. The number of carbonyl (C=O) groups excluding carboxylic acids is 2. The Morgan fingerprint density at radius 2 is 1.67 bits per heavy atom. The second-order valence-electron chi connectivity index (χ2n) is 4.27. The van der Waals surface area contributed by atoms with Crippen LogP contribution in [0.5, 0.6) is 0 Å². The topological polar surface area (TPSA) is 46.2 Å². The summed E-state index contributed by atoms with van der Waals surface area (Å²) in [5, 5.41) is 2.52. The molecular formula is C17H12FNO2. The molecule has 4 heteroatoms. The first kappa shape index (κ1) is 14.5. The van der Waals surface area contributed by atoms with Crippen molar-refractivity contribution in [1.29, 1.82) is 0 Å². The SMILES string of the molecule is C#CCNC(=O)c1ccccc1C(=O)c1ccc(F)cc1. The molecule has 3 nitrogen and oxygen atoms in total. The predicted octanol–water partition coefficient (Wildman–Crippen LogP) is 2.42. The van der Waals surface area contributed by atoms with Gasteiger partial charge in [0.2, 0.25) is 0 Å². The Balaban J connectivity index is 2.36. The van der Waals surface area contributed by atoms with Crippen LogP contribution in [-0.2, 0) is 0 Å². The average Bonchev–Trinajstić information content (AvgIpc) is 2.52. The minimum absolute atomic E-state index is 0.0813. The number of halogens is 1. The molecule has 0 aromatic heterocycles. The molecule has 104 valence electrons. The lowest BCUT2D eigenvalue weighted by Crippen LogP contribution is -2.25. The Morgan fingerprint density at radius 1 is 1.05 bits per heavy atom. The third-order valence-electron chi connectivity index (χ3n) is 2.87. The van der Waals surface area contributed by atoms with Crippen molar-refractivity contribution in [2.24, 2.45) is 0 Å². The lowest BCUT2D eigenvalue weighted by atomic mass is 9.98. The van der Waals surface area contributed by atoms with Gasteiger partial charge in [0.15, 0.2) is 5.78 Å². The van der Waals surface area contributed by atoms with Gasteiger partial charge in [-0.1, -0.05) is 24.1 Å². The van der Waals surface area contributed by atoms with E-state index in [0.717, 1.165) is 0 Å². The maximum Gasteiger partial charge on any atom is 0.252 e. The van der Waals surface area contributed by atoms with Crippen molar-refractivity contribution in [3.05, 3.63) is 71.0 Å². The molecule has 0 bridgehead atoms. The van der Waals surface area contributed by atoms with E-state index in [0.29, 0.717) is 5.56 Å². The summed E-state index contributed by atoms with van der Waals surface area (Å²) in [5.41, 5.74) is 0.800. The zero-order valence-electron chi connectivity index (χ0n) is 11.1. The first-order valence-corrected chi connectivity index (χ1v) is 6.24. The van der Waals surface area contributed by atoms with Gasteiger partial charge in [0.05, 0.1) is 12.1 Å². The number of terminal acetylenes is 1. The Morgan fingerprint density at radius 3 is 2.29 bits per heavy atom. The number of benzene rings is 2. The van der Waals surface area contributed by atoms with Crippen LogP contribution in [0.25, 0.3) is 0 Å². The second-order valence-corrected chi connectivity index (χ2v) is 4.27. The van der Waals surface area contributed by atoms with Gasteiger partial charge in [0.25, 0.3) is 5.91 Å². The zero-order valence-corrected chi connectivity index (χ0v) is 11.1. The number of amides is 1. The first-order valence-electron chi connectivity index (χ1n) is 6.24. The van der Waals surface area contributed by atoms with E-state index in [9.17, 15) is 14.0 Å². The van der Waals surface area contributed by atoms with Gasteiger partial charge in [-0.05, 0) is 30.3 Å². The molecular weight excluding hydrogens is 269 g/mol. The van der Waals surface area contributed by atoms with Crippen molar-refractivity contribution < 1.29 is 14.0 Å². The van der Waals surface area contributed by atoms with Gasteiger partial charge < -0.3 is 5.32 Å². The third-order valence-corrected chi connectivity index (χ3v) is 2.87. The molecule has 0 aliphatic heterocycles. The molecule has 21 heavy (non-hydrogen) atoms. The average molecular weight is 281 g/mol. The maximum absolute atomic E-state index is 12.9. The highest BCUT2D eigenvalue weighted by Gasteiger charge is 2.17. The minimum atomic E-state index is -0.424. The fourth-order valence-electron chi connectivity index (χ4n) is 1.86. The monoisotopic (exact) mass is 281 g/mol. The van der Waals surface area contributed by atoms with Crippen LogP contribution in [0.3, 0.4) is 0 Å². The second kappa shape index (κ2) is 6.49. The smallest absolute Gasteiger partial charge is 0.252 e. The van der Waals surface area contributed by atoms with Crippen LogP contribution >= 0.6 is 0 Å². The highest BCUT2D eigenvalue weighted by molar-refractivity contribution is 6.15. The lowest BCUT2D eigenvalue weighted by Gasteiger charge is -2.08. The Labute approximate surface area is 121 Å². The van der Waals surface area contributed by atoms with E-state index in [2.05, 4.69) is 11.2 Å². The van der Waals surface area contributed by atoms with Crippen LogP contribution in [0, 0.1) is 18.2 Å². The largest absolute Gasteiger partial charge is 0.341 e. The van der Waals surface area contributed by atoms with Gasteiger partial charge in [0.1, 0.15) is 5.82 Å². The van der Waals surface area contributed by atoms with E-state index in [1.807, 2.05) is 0 Å². The molecule has 2 rings (SSSR count). The van der Waals surface area contributed by atoms with Gasteiger partial charge >= 0.3 is 0 Å². The van der Waals surface area contributed by atoms with Crippen LogP contribution in [0.15, 0.2) is 48.5 Å². The summed E-state index contributed by atoms with van der Waals surface area (Å²) in [4.78, 5) is 24.4. The van der Waals surface area contributed by atoms with E-state index in [-0.39, 0.29) is 23.5 Å². The molecule has 0 saturated carbocycles. The number of hydrogen-bond acceptors (Lipinski definition) is 2. The molecule has 0 spiro atoms. The van der Waals surface area contributed by atoms with Crippen LogP contribution in [-0.4, -0.2) is 18.2 Å². The predicted molar refractivity (Wildman–Crippen MR) is 77.4 cm³/mol. The summed E-state index contributed by atoms with van der Waals surface area (Å²) in [6.45, 7) is 0.0813. The van der Waals surface area contributed by atoms with Crippen LogP contribution in [0.4, 0.5) is 4.39 Å². The molecule has 0 aliphatic carbocycles. The maximum atomic E-state index is 12.9. The van der Waals surface area contributed by atoms with Crippen LogP contribution < -0.4 is 5.32 Å². The Hall–Kier alpha value is -2.93. The fourth-order valence-corrected chi connectivity index (χ4v) is 1.86. The van der Waals surface area contributed by atoms with Crippen molar-refractivity contribution in [2.45, 2.75) is 0 Å².